The van der Waals surface area contributed by atoms with Gasteiger partial charge in [0.2, 0.25) is 12.7 Å². The van der Waals surface area contributed by atoms with Crippen molar-refractivity contribution in [3.05, 3.63) is 23.8 Å². The van der Waals surface area contributed by atoms with Crippen LogP contribution in [0.3, 0.4) is 0 Å². The van der Waals surface area contributed by atoms with E-state index in [-0.39, 0.29) is 13.4 Å². The van der Waals surface area contributed by atoms with Crippen LogP contribution in [0.25, 0.3) is 0 Å². The molecule has 110 valence electrons. The average Bonchev–Trinajstić information content (AvgIpc) is 2.89. The Bertz CT molecular complexity index is 466. The Morgan fingerprint density at radius 3 is 3.05 bits per heavy atom. The largest absolute Gasteiger partial charge is 0.454 e. The van der Waals surface area contributed by atoms with Crippen LogP contribution >= 0.6 is 0 Å². The van der Waals surface area contributed by atoms with Crippen molar-refractivity contribution < 1.29 is 24.1 Å². The van der Waals surface area contributed by atoms with Crippen molar-refractivity contribution >= 4 is 5.91 Å². The molecule has 1 aromatic rings. The number of nitrogens with one attached hydrogen (secondary N) is 1. The molecule has 1 aromatic carbocycles. The van der Waals surface area contributed by atoms with Crippen molar-refractivity contribution in [1.82, 2.24) is 5.32 Å². The van der Waals surface area contributed by atoms with Crippen LogP contribution < -0.4 is 20.5 Å². The quantitative estimate of drug-likeness (QED) is 0.558. The highest BCUT2D eigenvalue weighted by Gasteiger charge is 2.16. The van der Waals surface area contributed by atoms with Crippen molar-refractivity contribution in [1.29, 1.82) is 0 Å². The molecule has 1 heterocycles. The van der Waals surface area contributed by atoms with Crippen LogP contribution in [0.4, 0.5) is 0 Å². The molecular formula is C13H18N2O5. The zero-order chi connectivity index (χ0) is 14.4. The third-order valence-electron chi connectivity index (χ3n) is 2.79. The van der Waals surface area contributed by atoms with Crippen molar-refractivity contribution in [2.45, 2.75) is 6.10 Å². The first kappa shape index (κ1) is 14.6. The Labute approximate surface area is 116 Å². The molecule has 0 aliphatic carbocycles. The molecule has 1 unspecified atom stereocenters. The van der Waals surface area contributed by atoms with Gasteiger partial charge in [0.25, 0.3) is 0 Å². The molecule has 2 rings (SSSR count). The highest BCUT2D eigenvalue weighted by Crippen LogP contribution is 2.33. The number of fused-ring (bicyclic) bond motifs is 1. The van der Waals surface area contributed by atoms with Crippen LogP contribution in [0.2, 0.25) is 0 Å². The summed E-state index contributed by atoms with van der Waals surface area (Å²) in [5, 5.41) is 13.0. The van der Waals surface area contributed by atoms with Gasteiger partial charge in [-0.05, 0) is 17.7 Å². The summed E-state index contributed by atoms with van der Waals surface area (Å²) in [6.45, 7) is 1.38. The van der Waals surface area contributed by atoms with Crippen molar-refractivity contribution in [2.24, 2.45) is 5.73 Å². The lowest BCUT2D eigenvalue weighted by Crippen LogP contribution is -2.27. The number of rotatable bonds is 8. The lowest BCUT2D eigenvalue weighted by atomic mass is 10.1. The molecule has 1 aliphatic rings. The zero-order valence-corrected chi connectivity index (χ0v) is 11.0. The van der Waals surface area contributed by atoms with Crippen molar-refractivity contribution in [2.75, 3.05) is 33.1 Å². The van der Waals surface area contributed by atoms with E-state index in [1.54, 1.807) is 18.2 Å². The number of aliphatic hydroxyl groups is 1. The summed E-state index contributed by atoms with van der Waals surface area (Å²) in [6.07, 6.45) is -0.652. The van der Waals surface area contributed by atoms with E-state index in [4.69, 9.17) is 19.9 Å². The van der Waals surface area contributed by atoms with Crippen LogP contribution in [0.15, 0.2) is 18.2 Å². The maximum Gasteiger partial charge on any atom is 0.243 e. The van der Waals surface area contributed by atoms with E-state index in [9.17, 15) is 9.90 Å². The van der Waals surface area contributed by atoms with Gasteiger partial charge < -0.3 is 30.4 Å². The second-order valence-corrected chi connectivity index (χ2v) is 4.35. The van der Waals surface area contributed by atoms with E-state index in [0.717, 1.165) is 5.56 Å². The summed E-state index contributed by atoms with van der Waals surface area (Å²) in [7, 11) is 0. The monoisotopic (exact) mass is 282 g/mol. The number of ether oxygens (including phenoxy) is 3. The molecule has 7 nitrogen and oxygen atoms in total. The van der Waals surface area contributed by atoms with Crippen molar-refractivity contribution in [3.8, 4) is 11.5 Å². The number of carbonyl (C=O) groups is 1. The smallest absolute Gasteiger partial charge is 0.243 e. The number of hydrogen-bond donors (Lipinski definition) is 3. The molecule has 4 N–H and O–H groups in total. The summed E-state index contributed by atoms with van der Waals surface area (Å²) >= 11 is 0. The van der Waals surface area contributed by atoms with Crippen LogP contribution in [-0.4, -0.2) is 44.1 Å². The second kappa shape index (κ2) is 7.09. The summed E-state index contributed by atoms with van der Waals surface area (Å²) < 4.78 is 15.4. The van der Waals surface area contributed by atoms with Crippen LogP contribution in [0, 0.1) is 0 Å². The summed E-state index contributed by atoms with van der Waals surface area (Å²) in [4.78, 5) is 10.4. The SMILES string of the molecule is NC(=O)COCCNCC(O)c1ccc2c(c1)OCO2. The third kappa shape index (κ3) is 4.09. The Morgan fingerprint density at radius 1 is 1.45 bits per heavy atom. The molecule has 0 spiro atoms. The van der Waals surface area contributed by atoms with Gasteiger partial charge >= 0.3 is 0 Å². The molecule has 0 fully saturated rings. The summed E-state index contributed by atoms with van der Waals surface area (Å²) in [5.41, 5.74) is 5.68. The number of aliphatic hydroxyl groups excluding tert-OH is 1. The van der Waals surface area contributed by atoms with Crippen molar-refractivity contribution in [3.63, 3.8) is 0 Å². The van der Waals surface area contributed by atoms with E-state index >= 15 is 0 Å². The van der Waals surface area contributed by atoms with Gasteiger partial charge in [-0.1, -0.05) is 6.07 Å². The Kier molecular flexibility index (Phi) is 5.16. The summed E-state index contributed by atoms with van der Waals surface area (Å²) in [6, 6.07) is 5.33. The third-order valence-corrected chi connectivity index (χ3v) is 2.79. The van der Waals surface area contributed by atoms with E-state index in [1.807, 2.05) is 0 Å². The topological polar surface area (TPSA) is 103 Å². The molecule has 0 saturated carbocycles. The lowest BCUT2D eigenvalue weighted by molar-refractivity contribution is -0.122. The van der Waals surface area contributed by atoms with E-state index < -0.39 is 12.0 Å². The minimum Gasteiger partial charge on any atom is -0.454 e. The van der Waals surface area contributed by atoms with Gasteiger partial charge in [0, 0.05) is 13.1 Å². The predicted molar refractivity (Wildman–Crippen MR) is 70.4 cm³/mol. The first-order valence-electron chi connectivity index (χ1n) is 6.31. The fourth-order valence-electron chi connectivity index (χ4n) is 1.79. The van der Waals surface area contributed by atoms with Gasteiger partial charge in [0.15, 0.2) is 11.5 Å². The molecule has 1 aliphatic heterocycles. The lowest BCUT2D eigenvalue weighted by Gasteiger charge is -2.12. The fourth-order valence-corrected chi connectivity index (χ4v) is 1.79. The minimum absolute atomic E-state index is 0.0909. The maximum atomic E-state index is 10.4. The highest BCUT2D eigenvalue weighted by atomic mass is 16.7. The first-order valence-corrected chi connectivity index (χ1v) is 6.31. The molecule has 1 atom stereocenters. The first-order chi connectivity index (χ1) is 9.66. The molecule has 20 heavy (non-hydrogen) atoms. The number of nitrogens with two attached hydrogens (primary N) is 1. The Morgan fingerprint density at radius 2 is 2.25 bits per heavy atom. The van der Waals surface area contributed by atoms with Crippen LogP contribution in [0.5, 0.6) is 11.5 Å². The Hall–Kier alpha value is -1.83. The van der Waals surface area contributed by atoms with Crippen LogP contribution in [0.1, 0.15) is 11.7 Å². The van der Waals surface area contributed by atoms with Gasteiger partial charge in [-0.3, -0.25) is 4.79 Å². The van der Waals surface area contributed by atoms with Gasteiger partial charge in [0.05, 0.1) is 12.7 Å². The van der Waals surface area contributed by atoms with E-state index in [1.165, 1.54) is 0 Å². The second-order valence-electron chi connectivity index (χ2n) is 4.35. The van der Waals surface area contributed by atoms with Gasteiger partial charge in [0.1, 0.15) is 6.61 Å². The molecule has 0 bridgehead atoms. The summed E-state index contributed by atoms with van der Waals surface area (Å²) in [5.74, 6) is 0.838. The normalized spacial score (nSPS) is 14.2. The number of primary amides is 1. The fraction of sp³-hybridized carbons (Fsp3) is 0.462. The average molecular weight is 282 g/mol. The maximum absolute atomic E-state index is 10.4. The number of hydrogen-bond acceptors (Lipinski definition) is 6. The zero-order valence-electron chi connectivity index (χ0n) is 11.0. The number of benzene rings is 1. The molecule has 0 radical (unpaired) electrons. The highest BCUT2D eigenvalue weighted by molar-refractivity contribution is 5.74. The van der Waals surface area contributed by atoms with Gasteiger partial charge in [-0.15, -0.1) is 0 Å². The predicted octanol–water partition coefficient (Wildman–Crippen LogP) is -0.460. The van der Waals surface area contributed by atoms with Gasteiger partial charge in [-0.25, -0.2) is 0 Å². The Balaban J connectivity index is 1.69. The molecule has 0 aromatic heterocycles. The molecule has 7 heteroatoms. The van der Waals surface area contributed by atoms with Gasteiger partial charge in [-0.2, -0.15) is 0 Å². The number of amides is 1. The van der Waals surface area contributed by atoms with Crippen LogP contribution in [-0.2, 0) is 9.53 Å². The molecule has 1 amide bonds. The molecule has 0 saturated heterocycles. The molecular weight excluding hydrogens is 264 g/mol. The van der Waals surface area contributed by atoms with E-state index in [2.05, 4.69) is 5.32 Å². The standard InChI is InChI=1S/C13H18N2O5/c14-13(17)7-18-4-3-15-6-10(16)9-1-2-11-12(5-9)20-8-19-11/h1-2,5,10,15-16H,3-4,6-8H2,(H2,14,17). The number of carbonyl (C=O) groups excluding carboxylic acids is 1. The minimum atomic E-state index is -0.652. The van der Waals surface area contributed by atoms with E-state index in [0.29, 0.717) is 31.2 Å².